The van der Waals surface area contributed by atoms with E-state index in [-0.39, 0.29) is 36.4 Å². The van der Waals surface area contributed by atoms with Gasteiger partial charge in [0.15, 0.2) is 5.96 Å². The van der Waals surface area contributed by atoms with Gasteiger partial charge in [-0.1, -0.05) is 12.5 Å². The number of guanidine groups is 1. The minimum absolute atomic E-state index is 0. The van der Waals surface area contributed by atoms with E-state index >= 15 is 0 Å². The van der Waals surface area contributed by atoms with Gasteiger partial charge in [0, 0.05) is 32.4 Å². The number of aliphatic hydroxyl groups excluding tert-OH is 1. The zero-order chi connectivity index (χ0) is 18.1. The smallest absolute Gasteiger partial charge is 0.191 e. The van der Waals surface area contributed by atoms with E-state index in [0.717, 1.165) is 37.6 Å². The highest BCUT2D eigenvalue weighted by molar-refractivity contribution is 14.0. The fourth-order valence-corrected chi connectivity index (χ4v) is 3.14. The molecule has 148 valence electrons. The summed E-state index contributed by atoms with van der Waals surface area (Å²) in [5.74, 6) is 0.381. The maximum Gasteiger partial charge on any atom is 0.191 e. The van der Waals surface area contributed by atoms with Crippen molar-refractivity contribution < 1.29 is 14.2 Å². The molecule has 0 bridgehead atoms. The summed E-state index contributed by atoms with van der Waals surface area (Å²) in [4.78, 5) is 4.59. The summed E-state index contributed by atoms with van der Waals surface area (Å²) in [5.41, 5.74) is 1.49. The molecule has 0 amide bonds. The van der Waals surface area contributed by atoms with Crippen molar-refractivity contribution in [3.63, 3.8) is 0 Å². The molecule has 0 saturated heterocycles. The molecular formula is C19H31FIN3O2. The van der Waals surface area contributed by atoms with Crippen molar-refractivity contribution in [3.05, 3.63) is 35.1 Å². The van der Waals surface area contributed by atoms with Crippen LogP contribution in [0.2, 0.25) is 0 Å². The summed E-state index contributed by atoms with van der Waals surface area (Å²) in [5, 5.41) is 15.9. The van der Waals surface area contributed by atoms with Crippen molar-refractivity contribution in [1.29, 1.82) is 0 Å². The predicted molar refractivity (Wildman–Crippen MR) is 113 cm³/mol. The van der Waals surface area contributed by atoms with Gasteiger partial charge in [0.2, 0.25) is 0 Å². The molecule has 1 aromatic carbocycles. The summed E-state index contributed by atoms with van der Waals surface area (Å²) in [6, 6.07) is 4.74. The first-order valence-corrected chi connectivity index (χ1v) is 9.02. The Morgan fingerprint density at radius 1 is 1.35 bits per heavy atom. The Morgan fingerprint density at radius 3 is 2.69 bits per heavy atom. The van der Waals surface area contributed by atoms with Crippen LogP contribution in [-0.4, -0.2) is 37.9 Å². The third-order valence-electron chi connectivity index (χ3n) is 4.93. The molecule has 0 radical (unpaired) electrons. The van der Waals surface area contributed by atoms with E-state index in [2.05, 4.69) is 15.6 Å². The van der Waals surface area contributed by atoms with Gasteiger partial charge in [-0.05, 0) is 49.3 Å². The second-order valence-corrected chi connectivity index (χ2v) is 6.73. The molecule has 0 unspecified atom stereocenters. The number of halogens is 2. The van der Waals surface area contributed by atoms with Crippen LogP contribution in [0.15, 0.2) is 23.2 Å². The van der Waals surface area contributed by atoms with Crippen LogP contribution < -0.4 is 10.6 Å². The molecule has 0 aromatic heterocycles. The third-order valence-corrected chi connectivity index (χ3v) is 4.93. The number of aliphatic imine (C=N–C) groups is 1. The summed E-state index contributed by atoms with van der Waals surface area (Å²) in [6.45, 7) is 4.62. The lowest BCUT2D eigenvalue weighted by Crippen LogP contribution is -2.46. The standard InChI is InChI=1S/C19H30FN3O2.HI/c1-3-21-18(23-14-19(7-4-8-19)9-10-25-2)22-12-15-5-6-17(20)16(11-15)13-24;/h5-6,11,24H,3-4,7-10,12-14H2,1-2H3,(H2,21,22,23);1H. The van der Waals surface area contributed by atoms with Crippen LogP contribution in [0, 0.1) is 11.2 Å². The maximum absolute atomic E-state index is 13.5. The van der Waals surface area contributed by atoms with Crippen LogP contribution in [0.3, 0.4) is 0 Å². The molecule has 2 rings (SSSR count). The number of aliphatic hydroxyl groups is 1. The monoisotopic (exact) mass is 479 g/mol. The van der Waals surface area contributed by atoms with Crippen molar-refractivity contribution in [2.75, 3.05) is 26.8 Å². The van der Waals surface area contributed by atoms with Crippen molar-refractivity contribution in [1.82, 2.24) is 10.6 Å². The van der Waals surface area contributed by atoms with Crippen LogP contribution in [0.1, 0.15) is 43.7 Å². The molecule has 0 spiro atoms. The number of nitrogens with one attached hydrogen (secondary N) is 2. The van der Waals surface area contributed by atoms with Gasteiger partial charge in [-0.3, -0.25) is 0 Å². The van der Waals surface area contributed by atoms with Gasteiger partial charge in [-0.25, -0.2) is 9.38 Å². The second kappa shape index (κ2) is 11.7. The largest absolute Gasteiger partial charge is 0.392 e. The van der Waals surface area contributed by atoms with Crippen LogP contribution >= 0.6 is 24.0 Å². The summed E-state index contributed by atoms with van der Waals surface area (Å²) in [7, 11) is 1.74. The van der Waals surface area contributed by atoms with Gasteiger partial charge >= 0.3 is 0 Å². The number of nitrogens with zero attached hydrogens (tertiary/aromatic N) is 1. The molecule has 5 nitrogen and oxygen atoms in total. The Hall–Kier alpha value is -0.930. The van der Waals surface area contributed by atoms with Gasteiger partial charge in [-0.2, -0.15) is 0 Å². The number of methoxy groups -OCH3 is 1. The Morgan fingerprint density at radius 2 is 2.12 bits per heavy atom. The first-order chi connectivity index (χ1) is 12.1. The molecule has 3 N–H and O–H groups in total. The SMILES string of the molecule is CCNC(=NCc1ccc(F)c(CO)c1)NCC1(CCOC)CCC1.I. The zero-order valence-corrected chi connectivity index (χ0v) is 18.0. The van der Waals surface area contributed by atoms with E-state index in [9.17, 15) is 9.50 Å². The van der Waals surface area contributed by atoms with E-state index in [0.29, 0.717) is 17.5 Å². The number of hydrogen-bond acceptors (Lipinski definition) is 3. The lowest BCUT2D eigenvalue weighted by Gasteiger charge is -2.42. The Kier molecular flexibility index (Phi) is 10.4. The normalized spacial score (nSPS) is 15.8. The van der Waals surface area contributed by atoms with E-state index in [1.807, 2.05) is 6.92 Å². The van der Waals surface area contributed by atoms with Crippen LogP contribution in [0.4, 0.5) is 4.39 Å². The molecule has 1 saturated carbocycles. The minimum atomic E-state index is -0.384. The fraction of sp³-hybridized carbons (Fsp3) is 0.632. The first kappa shape index (κ1) is 23.1. The van der Waals surface area contributed by atoms with E-state index in [1.54, 1.807) is 19.2 Å². The number of ether oxygens (including phenoxy) is 1. The first-order valence-electron chi connectivity index (χ1n) is 9.02. The molecular weight excluding hydrogens is 448 g/mol. The topological polar surface area (TPSA) is 65.9 Å². The second-order valence-electron chi connectivity index (χ2n) is 6.73. The quantitative estimate of drug-likeness (QED) is 0.289. The highest BCUT2D eigenvalue weighted by Gasteiger charge is 2.36. The van der Waals surface area contributed by atoms with Crippen LogP contribution in [0.5, 0.6) is 0 Å². The molecule has 1 aliphatic carbocycles. The highest BCUT2D eigenvalue weighted by atomic mass is 127. The van der Waals surface area contributed by atoms with Gasteiger partial charge < -0.3 is 20.5 Å². The summed E-state index contributed by atoms with van der Waals surface area (Å²) in [6.07, 6.45) is 4.79. The Bertz CT molecular complexity index is 580. The van der Waals surface area contributed by atoms with E-state index < -0.39 is 0 Å². The minimum Gasteiger partial charge on any atom is -0.392 e. The zero-order valence-electron chi connectivity index (χ0n) is 15.7. The Labute approximate surface area is 172 Å². The molecule has 26 heavy (non-hydrogen) atoms. The van der Waals surface area contributed by atoms with Gasteiger partial charge in [0.1, 0.15) is 5.82 Å². The van der Waals surface area contributed by atoms with Crippen molar-refractivity contribution in [2.24, 2.45) is 10.4 Å². The molecule has 1 aliphatic rings. The van der Waals surface area contributed by atoms with Gasteiger partial charge in [0.25, 0.3) is 0 Å². The summed E-state index contributed by atoms with van der Waals surface area (Å²) >= 11 is 0. The third kappa shape index (κ3) is 6.66. The average Bonchev–Trinajstić information content (AvgIpc) is 2.59. The molecule has 7 heteroatoms. The van der Waals surface area contributed by atoms with Crippen molar-refractivity contribution in [2.45, 2.75) is 45.8 Å². The van der Waals surface area contributed by atoms with Crippen molar-refractivity contribution in [3.8, 4) is 0 Å². The van der Waals surface area contributed by atoms with Crippen LogP contribution in [-0.2, 0) is 17.9 Å². The maximum atomic E-state index is 13.5. The molecule has 1 fully saturated rings. The average molecular weight is 479 g/mol. The number of rotatable bonds is 9. The number of hydrogen-bond donors (Lipinski definition) is 3. The highest BCUT2D eigenvalue weighted by Crippen LogP contribution is 2.43. The predicted octanol–water partition coefficient (Wildman–Crippen LogP) is 3.20. The van der Waals surface area contributed by atoms with E-state index in [4.69, 9.17) is 4.74 Å². The van der Waals surface area contributed by atoms with Crippen molar-refractivity contribution >= 4 is 29.9 Å². The molecule has 0 heterocycles. The van der Waals surface area contributed by atoms with Gasteiger partial charge in [-0.15, -0.1) is 24.0 Å². The lowest BCUT2D eigenvalue weighted by atomic mass is 9.67. The van der Waals surface area contributed by atoms with Gasteiger partial charge in [0.05, 0.1) is 13.2 Å². The Balaban J connectivity index is 0.00000338. The van der Waals surface area contributed by atoms with E-state index in [1.165, 1.54) is 25.3 Å². The fourth-order valence-electron chi connectivity index (χ4n) is 3.14. The van der Waals surface area contributed by atoms with Crippen LogP contribution in [0.25, 0.3) is 0 Å². The number of benzene rings is 1. The lowest BCUT2D eigenvalue weighted by molar-refractivity contribution is 0.0732. The molecule has 0 atom stereocenters. The molecule has 1 aromatic rings. The summed E-state index contributed by atoms with van der Waals surface area (Å²) < 4.78 is 18.7. The molecule has 0 aliphatic heterocycles.